The maximum Gasteiger partial charge on any atom is 0.341 e. The van der Waals surface area contributed by atoms with E-state index in [1.54, 1.807) is 25.9 Å². The fourth-order valence-corrected chi connectivity index (χ4v) is 6.80. The molecule has 3 heterocycles. The first-order valence-electron chi connectivity index (χ1n) is 11.7. The van der Waals surface area contributed by atoms with Crippen molar-refractivity contribution in [2.45, 2.75) is 46.1 Å². The van der Waals surface area contributed by atoms with Crippen molar-refractivity contribution >= 4 is 45.6 Å². The van der Waals surface area contributed by atoms with Gasteiger partial charge in [-0.3, -0.25) is 10.1 Å². The Hall–Kier alpha value is -3.11. The highest BCUT2D eigenvalue weighted by Gasteiger charge is 2.28. The average molecular weight is 515 g/mol. The minimum atomic E-state index is -0.404. The summed E-state index contributed by atoms with van der Waals surface area (Å²) in [6.07, 6.45) is 7.67. The van der Waals surface area contributed by atoms with E-state index in [-0.39, 0.29) is 19.1 Å². The number of fused-ring (bicyclic) bond motifs is 1. The predicted octanol–water partition coefficient (Wildman–Crippen LogP) is 4.99. The zero-order chi connectivity index (χ0) is 25.1. The number of hydrogen-bond donors (Lipinski definition) is 2. The SMILES string of the molecule is CCOC(=O)c1c(NC(=O)NCc2c(-n3cccc3)sc(C(=O)N(C)C)c2C)sc2c1CCCC2. The van der Waals surface area contributed by atoms with Crippen molar-refractivity contribution < 1.29 is 19.1 Å². The number of nitrogens with zero attached hydrogens (tertiary/aromatic N) is 2. The van der Waals surface area contributed by atoms with Crippen molar-refractivity contribution in [2.24, 2.45) is 0 Å². The summed E-state index contributed by atoms with van der Waals surface area (Å²) in [5.74, 6) is -0.461. The number of amides is 3. The van der Waals surface area contributed by atoms with Crippen LogP contribution in [0.15, 0.2) is 24.5 Å². The van der Waals surface area contributed by atoms with E-state index in [1.165, 1.54) is 22.7 Å². The fraction of sp³-hybridized carbons (Fsp3) is 0.400. The van der Waals surface area contributed by atoms with Gasteiger partial charge in [0, 0.05) is 43.5 Å². The molecule has 0 aromatic carbocycles. The maximum absolute atomic E-state index is 12.9. The molecule has 35 heavy (non-hydrogen) atoms. The number of aryl methyl sites for hydroxylation is 1. The van der Waals surface area contributed by atoms with Crippen LogP contribution in [0.2, 0.25) is 0 Å². The number of carbonyl (C=O) groups excluding carboxylic acids is 3. The van der Waals surface area contributed by atoms with Crippen LogP contribution in [-0.4, -0.2) is 48.1 Å². The molecule has 0 saturated heterocycles. The van der Waals surface area contributed by atoms with Crippen LogP contribution in [0, 0.1) is 6.92 Å². The maximum atomic E-state index is 12.9. The van der Waals surface area contributed by atoms with E-state index in [0.29, 0.717) is 15.4 Å². The molecule has 0 aliphatic heterocycles. The van der Waals surface area contributed by atoms with Crippen LogP contribution in [0.25, 0.3) is 5.00 Å². The molecule has 10 heteroatoms. The molecule has 0 radical (unpaired) electrons. The molecule has 3 aromatic rings. The molecule has 1 aliphatic rings. The third-order valence-corrected chi connectivity index (χ3v) is 8.54. The topological polar surface area (TPSA) is 92.7 Å². The Labute approximate surface area is 212 Å². The summed E-state index contributed by atoms with van der Waals surface area (Å²) in [6.45, 7) is 4.20. The van der Waals surface area contributed by atoms with E-state index >= 15 is 0 Å². The number of rotatable bonds is 7. The van der Waals surface area contributed by atoms with Crippen molar-refractivity contribution in [2.75, 3.05) is 26.0 Å². The predicted molar refractivity (Wildman–Crippen MR) is 139 cm³/mol. The second kappa shape index (κ2) is 10.7. The van der Waals surface area contributed by atoms with E-state index < -0.39 is 12.0 Å². The second-order valence-electron chi connectivity index (χ2n) is 8.57. The summed E-state index contributed by atoms with van der Waals surface area (Å²) < 4.78 is 7.23. The summed E-state index contributed by atoms with van der Waals surface area (Å²) >= 11 is 2.86. The van der Waals surface area contributed by atoms with Crippen molar-refractivity contribution in [3.05, 3.63) is 56.5 Å². The lowest BCUT2D eigenvalue weighted by Crippen LogP contribution is -2.29. The van der Waals surface area contributed by atoms with Crippen molar-refractivity contribution in [3.8, 4) is 5.00 Å². The highest BCUT2D eigenvalue weighted by atomic mass is 32.1. The van der Waals surface area contributed by atoms with Crippen LogP contribution in [0.5, 0.6) is 0 Å². The number of aromatic nitrogens is 1. The second-order valence-corrected chi connectivity index (χ2v) is 10.7. The third kappa shape index (κ3) is 5.13. The summed E-state index contributed by atoms with van der Waals surface area (Å²) in [5, 5.41) is 7.23. The number of esters is 1. The third-order valence-electron chi connectivity index (χ3n) is 5.99. The first-order valence-corrected chi connectivity index (χ1v) is 13.3. The number of thiophene rings is 2. The highest BCUT2D eigenvalue weighted by Crippen LogP contribution is 2.38. The Bertz CT molecular complexity index is 1240. The molecule has 0 saturated carbocycles. The van der Waals surface area contributed by atoms with Gasteiger partial charge in [0.1, 0.15) is 10.0 Å². The van der Waals surface area contributed by atoms with Gasteiger partial charge >= 0.3 is 12.0 Å². The summed E-state index contributed by atoms with van der Waals surface area (Å²) in [7, 11) is 3.45. The molecular formula is C25H30N4O4S2. The van der Waals surface area contributed by atoms with Crippen molar-refractivity contribution in [1.82, 2.24) is 14.8 Å². The van der Waals surface area contributed by atoms with Crippen LogP contribution < -0.4 is 10.6 Å². The van der Waals surface area contributed by atoms with Crippen molar-refractivity contribution in [1.29, 1.82) is 0 Å². The van der Waals surface area contributed by atoms with Crippen LogP contribution in [-0.2, 0) is 24.1 Å². The smallest absolute Gasteiger partial charge is 0.341 e. The van der Waals surface area contributed by atoms with Gasteiger partial charge in [0.05, 0.1) is 17.0 Å². The molecular weight excluding hydrogens is 484 g/mol. The molecule has 4 rings (SSSR count). The quantitative estimate of drug-likeness (QED) is 0.435. The molecule has 3 amide bonds. The fourth-order valence-electron chi connectivity index (χ4n) is 4.22. The van der Waals surface area contributed by atoms with Crippen LogP contribution >= 0.6 is 22.7 Å². The standard InChI is InChI=1S/C25H30N4O4S2/c1-5-33-24(31)19-16-10-6-7-11-18(16)34-21(19)27-25(32)26-14-17-15(2)20(22(30)28(3)4)35-23(17)29-12-8-9-13-29/h8-9,12-13H,5-7,10-11,14H2,1-4H3,(H2,26,27,32). The van der Waals surface area contributed by atoms with E-state index in [1.807, 2.05) is 36.0 Å². The minimum Gasteiger partial charge on any atom is -0.462 e. The van der Waals surface area contributed by atoms with Gasteiger partial charge < -0.3 is 19.5 Å². The Morgan fingerprint density at radius 3 is 2.51 bits per heavy atom. The largest absolute Gasteiger partial charge is 0.462 e. The van der Waals surface area contributed by atoms with Crippen LogP contribution in [0.4, 0.5) is 9.80 Å². The monoisotopic (exact) mass is 514 g/mol. The number of urea groups is 1. The van der Waals surface area contributed by atoms with Crippen molar-refractivity contribution in [3.63, 3.8) is 0 Å². The normalized spacial score (nSPS) is 12.7. The zero-order valence-electron chi connectivity index (χ0n) is 20.4. The summed E-state index contributed by atoms with van der Waals surface area (Å²) in [4.78, 5) is 41.7. The van der Waals surface area contributed by atoms with Gasteiger partial charge in [0.2, 0.25) is 0 Å². The molecule has 0 atom stereocenters. The van der Waals surface area contributed by atoms with E-state index in [9.17, 15) is 14.4 Å². The number of ether oxygens (including phenoxy) is 1. The molecule has 0 unspecified atom stereocenters. The Morgan fingerprint density at radius 1 is 1.11 bits per heavy atom. The molecule has 0 fully saturated rings. The number of anilines is 1. The molecule has 3 aromatic heterocycles. The van der Waals surface area contributed by atoms with E-state index in [2.05, 4.69) is 10.6 Å². The van der Waals surface area contributed by atoms with Crippen LogP contribution in [0.1, 0.15) is 61.4 Å². The van der Waals surface area contributed by atoms with E-state index in [0.717, 1.165) is 52.3 Å². The first-order chi connectivity index (χ1) is 16.8. The van der Waals surface area contributed by atoms with Gasteiger partial charge in [0.15, 0.2) is 0 Å². The molecule has 1 aliphatic carbocycles. The summed E-state index contributed by atoms with van der Waals surface area (Å²) in [5.41, 5.74) is 3.21. The van der Waals surface area contributed by atoms with Crippen LogP contribution in [0.3, 0.4) is 0 Å². The van der Waals surface area contributed by atoms with E-state index in [4.69, 9.17) is 4.74 Å². The molecule has 0 bridgehead atoms. The van der Waals surface area contributed by atoms with Gasteiger partial charge in [-0.05, 0) is 62.8 Å². The number of hydrogen-bond acceptors (Lipinski definition) is 6. The summed E-state index contributed by atoms with van der Waals surface area (Å²) in [6, 6.07) is 3.43. The van der Waals surface area contributed by atoms with Gasteiger partial charge in [-0.15, -0.1) is 22.7 Å². The van der Waals surface area contributed by atoms with Gasteiger partial charge in [0.25, 0.3) is 5.91 Å². The Balaban J connectivity index is 1.56. The number of nitrogens with one attached hydrogen (secondary N) is 2. The van der Waals surface area contributed by atoms with Gasteiger partial charge in [-0.1, -0.05) is 0 Å². The molecule has 8 nitrogen and oxygen atoms in total. The van der Waals surface area contributed by atoms with Gasteiger partial charge in [-0.25, -0.2) is 9.59 Å². The minimum absolute atomic E-state index is 0.0696. The lowest BCUT2D eigenvalue weighted by atomic mass is 9.95. The lowest BCUT2D eigenvalue weighted by molar-refractivity contribution is 0.0526. The molecule has 186 valence electrons. The average Bonchev–Trinajstić information content (AvgIpc) is 3.54. The highest BCUT2D eigenvalue weighted by molar-refractivity contribution is 7.17. The lowest BCUT2D eigenvalue weighted by Gasteiger charge is -2.13. The Kier molecular flexibility index (Phi) is 7.61. The number of carbonyl (C=O) groups is 3. The Morgan fingerprint density at radius 2 is 1.83 bits per heavy atom. The zero-order valence-corrected chi connectivity index (χ0v) is 22.0. The van der Waals surface area contributed by atoms with Gasteiger partial charge in [-0.2, -0.15) is 0 Å². The molecule has 2 N–H and O–H groups in total. The first kappa shape index (κ1) is 25.0. The molecule has 0 spiro atoms.